The van der Waals surface area contributed by atoms with Gasteiger partial charge in [0.2, 0.25) is 0 Å². The number of rotatable bonds is 7. The minimum Gasteiger partial charge on any atom is -0.499 e. The van der Waals surface area contributed by atoms with E-state index in [2.05, 4.69) is 27.0 Å². The fourth-order valence-electron chi connectivity index (χ4n) is 1.19. The first kappa shape index (κ1) is 13.1. The highest BCUT2D eigenvalue weighted by Gasteiger charge is 2.19. The highest BCUT2D eigenvalue weighted by molar-refractivity contribution is 5.01. The summed E-state index contributed by atoms with van der Waals surface area (Å²) in [5.74, 6) is 2.10. The molecule has 0 heterocycles. The summed E-state index contributed by atoms with van der Waals surface area (Å²) in [6, 6.07) is 0. The van der Waals surface area contributed by atoms with Crippen LogP contribution in [0.2, 0.25) is 0 Å². The first-order valence-electron chi connectivity index (χ1n) is 5.17. The molecule has 2 atom stereocenters. The van der Waals surface area contributed by atoms with Crippen molar-refractivity contribution in [2.45, 2.75) is 27.7 Å². The molecule has 0 aliphatic heterocycles. The average Bonchev–Trinajstić information content (AvgIpc) is 2.16. The maximum atomic E-state index is 5.36. The lowest BCUT2D eigenvalue weighted by molar-refractivity contribution is 0.144. The van der Waals surface area contributed by atoms with Crippen LogP contribution in [0.3, 0.4) is 0 Å². The largest absolute Gasteiger partial charge is 0.499 e. The van der Waals surface area contributed by atoms with Crippen LogP contribution in [0.1, 0.15) is 27.7 Å². The Morgan fingerprint density at radius 3 is 1.43 bits per heavy atom. The second-order valence-corrected chi connectivity index (χ2v) is 3.38. The molecule has 0 fully saturated rings. The molecule has 0 amide bonds. The van der Waals surface area contributed by atoms with Gasteiger partial charge in [-0.2, -0.15) is 0 Å². The standard InChI is InChI=1S/C12H22O2/c1-7-13-11(5)9(3)10(4)12(6)14-8-2/h9-10H,5-8H2,1-4H3/t9-,10+. The molecule has 82 valence electrons. The van der Waals surface area contributed by atoms with E-state index in [1.807, 2.05) is 13.8 Å². The zero-order valence-corrected chi connectivity index (χ0v) is 9.80. The average molecular weight is 198 g/mol. The molecule has 0 N–H and O–H groups in total. The van der Waals surface area contributed by atoms with Gasteiger partial charge in [-0.3, -0.25) is 0 Å². The second kappa shape index (κ2) is 6.52. The summed E-state index contributed by atoms with van der Waals surface area (Å²) in [6.07, 6.45) is 0. The van der Waals surface area contributed by atoms with Gasteiger partial charge in [0.15, 0.2) is 0 Å². The van der Waals surface area contributed by atoms with Gasteiger partial charge in [-0.15, -0.1) is 0 Å². The third-order valence-electron chi connectivity index (χ3n) is 2.43. The monoisotopic (exact) mass is 198 g/mol. The number of allylic oxidation sites excluding steroid dienone is 2. The zero-order valence-electron chi connectivity index (χ0n) is 9.80. The van der Waals surface area contributed by atoms with Crippen LogP contribution in [0.5, 0.6) is 0 Å². The van der Waals surface area contributed by atoms with Crippen molar-refractivity contribution in [3.05, 3.63) is 24.7 Å². The van der Waals surface area contributed by atoms with Crippen molar-refractivity contribution in [1.82, 2.24) is 0 Å². The lowest BCUT2D eigenvalue weighted by Gasteiger charge is -2.23. The molecule has 0 saturated carbocycles. The predicted molar refractivity (Wildman–Crippen MR) is 59.9 cm³/mol. The van der Waals surface area contributed by atoms with Gasteiger partial charge in [-0.05, 0) is 13.8 Å². The predicted octanol–water partition coefficient (Wildman–Crippen LogP) is 3.36. The van der Waals surface area contributed by atoms with Crippen molar-refractivity contribution >= 4 is 0 Å². The SMILES string of the molecule is C=C(OCC)[C@@H](C)[C@@H](C)C(=C)OCC. The molecule has 14 heavy (non-hydrogen) atoms. The van der Waals surface area contributed by atoms with Crippen molar-refractivity contribution in [3.8, 4) is 0 Å². The Labute approximate surface area is 87.6 Å². The van der Waals surface area contributed by atoms with E-state index in [1.165, 1.54) is 0 Å². The van der Waals surface area contributed by atoms with Crippen LogP contribution in [0, 0.1) is 11.8 Å². The van der Waals surface area contributed by atoms with Crippen LogP contribution in [-0.4, -0.2) is 13.2 Å². The highest BCUT2D eigenvalue weighted by atomic mass is 16.5. The second-order valence-electron chi connectivity index (χ2n) is 3.38. The van der Waals surface area contributed by atoms with Crippen molar-refractivity contribution in [2.75, 3.05) is 13.2 Å². The van der Waals surface area contributed by atoms with Gasteiger partial charge in [0.25, 0.3) is 0 Å². The maximum Gasteiger partial charge on any atom is 0.0923 e. The number of hydrogen-bond acceptors (Lipinski definition) is 2. The van der Waals surface area contributed by atoms with Gasteiger partial charge in [-0.1, -0.05) is 27.0 Å². The minimum absolute atomic E-state index is 0.244. The van der Waals surface area contributed by atoms with Crippen LogP contribution in [0.4, 0.5) is 0 Å². The first-order chi connectivity index (χ1) is 6.54. The van der Waals surface area contributed by atoms with Gasteiger partial charge >= 0.3 is 0 Å². The van der Waals surface area contributed by atoms with Crippen molar-refractivity contribution in [3.63, 3.8) is 0 Å². The summed E-state index contributed by atoms with van der Waals surface area (Å²) in [5.41, 5.74) is 0. The smallest absolute Gasteiger partial charge is 0.0923 e. The Hall–Kier alpha value is -0.920. The Morgan fingerprint density at radius 2 is 1.21 bits per heavy atom. The Kier molecular flexibility index (Phi) is 6.09. The van der Waals surface area contributed by atoms with E-state index < -0.39 is 0 Å². The Balaban J connectivity index is 4.16. The van der Waals surface area contributed by atoms with Gasteiger partial charge < -0.3 is 9.47 Å². The maximum absolute atomic E-state index is 5.36. The Bertz CT molecular complexity index is 174. The summed E-state index contributed by atoms with van der Waals surface area (Å²) >= 11 is 0. The van der Waals surface area contributed by atoms with Gasteiger partial charge in [0.1, 0.15) is 0 Å². The summed E-state index contributed by atoms with van der Waals surface area (Å²) in [4.78, 5) is 0. The van der Waals surface area contributed by atoms with Gasteiger partial charge in [-0.25, -0.2) is 0 Å². The third-order valence-corrected chi connectivity index (χ3v) is 2.43. The van der Waals surface area contributed by atoms with Crippen molar-refractivity contribution in [2.24, 2.45) is 11.8 Å². The third kappa shape index (κ3) is 3.86. The van der Waals surface area contributed by atoms with Crippen LogP contribution >= 0.6 is 0 Å². The minimum atomic E-state index is 0.244. The summed E-state index contributed by atoms with van der Waals surface area (Å²) < 4.78 is 10.7. The topological polar surface area (TPSA) is 18.5 Å². The van der Waals surface area contributed by atoms with Crippen LogP contribution < -0.4 is 0 Å². The molecule has 0 bridgehead atoms. The van der Waals surface area contributed by atoms with E-state index in [1.54, 1.807) is 0 Å². The van der Waals surface area contributed by atoms with Gasteiger partial charge in [0.05, 0.1) is 24.7 Å². The fourth-order valence-corrected chi connectivity index (χ4v) is 1.19. The molecule has 0 aromatic heterocycles. The van der Waals surface area contributed by atoms with Crippen LogP contribution in [0.25, 0.3) is 0 Å². The summed E-state index contributed by atoms with van der Waals surface area (Å²) in [7, 11) is 0. The molecule has 0 radical (unpaired) electrons. The molecule has 0 aromatic carbocycles. The van der Waals surface area contributed by atoms with Crippen molar-refractivity contribution in [1.29, 1.82) is 0 Å². The normalized spacial score (nSPS) is 14.3. The van der Waals surface area contributed by atoms with E-state index in [9.17, 15) is 0 Å². The number of ether oxygens (including phenoxy) is 2. The molecule has 2 nitrogen and oxygen atoms in total. The van der Waals surface area contributed by atoms with Gasteiger partial charge in [0, 0.05) is 11.8 Å². The van der Waals surface area contributed by atoms with E-state index in [0.717, 1.165) is 11.5 Å². The van der Waals surface area contributed by atoms with E-state index in [0.29, 0.717) is 13.2 Å². The fraction of sp³-hybridized carbons (Fsp3) is 0.667. The molecule has 0 rings (SSSR count). The lowest BCUT2D eigenvalue weighted by Crippen LogP contribution is -2.15. The molecule has 0 aliphatic rings. The molecule has 0 aliphatic carbocycles. The highest BCUT2D eigenvalue weighted by Crippen LogP contribution is 2.25. The van der Waals surface area contributed by atoms with Crippen LogP contribution in [0.15, 0.2) is 24.7 Å². The molecule has 0 saturated heterocycles. The van der Waals surface area contributed by atoms with Crippen molar-refractivity contribution < 1.29 is 9.47 Å². The molecule has 2 heteroatoms. The molecule has 0 aromatic rings. The molecule has 0 spiro atoms. The first-order valence-corrected chi connectivity index (χ1v) is 5.17. The molecular weight excluding hydrogens is 176 g/mol. The Morgan fingerprint density at radius 1 is 0.929 bits per heavy atom. The summed E-state index contributed by atoms with van der Waals surface area (Å²) in [5, 5.41) is 0. The number of hydrogen-bond donors (Lipinski definition) is 0. The van der Waals surface area contributed by atoms with E-state index >= 15 is 0 Å². The zero-order chi connectivity index (χ0) is 11.1. The van der Waals surface area contributed by atoms with E-state index in [-0.39, 0.29) is 11.8 Å². The molecule has 0 unspecified atom stereocenters. The van der Waals surface area contributed by atoms with E-state index in [4.69, 9.17) is 9.47 Å². The van der Waals surface area contributed by atoms with Crippen LogP contribution in [-0.2, 0) is 9.47 Å². The molecular formula is C12H22O2. The quantitative estimate of drug-likeness (QED) is 0.584. The summed E-state index contributed by atoms with van der Waals surface area (Å²) in [6.45, 7) is 17.2. The lowest BCUT2D eigenvalue weighted by atomic mass is 9.93.